The first-order chi connectivity index (χ1) is 27.4. The summed E-state index contributed by atoms with van der Waals surface area (Å²) in [5, 5.41) is 26.6. The predicted octanol–water partition coefficient (Wildman–Crippen LogP) is 7.06. The second-order valence-electron chi connectivity index (χ2n) is 17.3. The summed E-state index contributed by atoms with van der Waals surface area (Å²) in [7, 11) is 3.71. The van der Waals surface area contributed by atoms with Crippen LogP contribution < -0.4 is 5.32 Å². The number of esters is 3. The minimum Gasteiger partial charge on any atom is -0.462 e. The number of nitrogens with one attached hydrogen (secondary N) is 1. The van der Waals surface area contributed by atoms with Crippen molar-refractivity contribution >= 4 is 23.7 Å². The predicted molar refractivity (Wildman–Crippen MR) is 221 cm³/mol. The van der Waals surface area contributed by atoms with Crippen LogP contribution in [0.2, 0.25) is 0 Å². The Balaban J connectivity index is 1.07. The molecule has 11 heteroatoms. The minimum absolute atomic E-state index is 0.0102. The molecule has 0 spiro atoms. The van der Waals surface area contributed by atoms with Gasteiger partial charge in [0.1, 0.15) is 19.4 Å². The molecule has 320 valence electrons. The normalized spacial score (nSPS) is 28.6. The van der Waals surface area contributed by atoms with Gasteiger partial charge in [-0.25, -0.2) is 0 Å². The number of ether oxygens (including phenoxy) is 3. The second kappa shape index (κ2) is 23.5. The Morgan fingerprint density at radius 2 is 1.60 bits per heavy atom. The number of carbonyl (C=O) groups excluding carboxylic acids is 4. The van der Waals surface area contributed by atoms with E-state index in [-0.39, 0.29) is 68.1 Å². The topological polar surface area (TPSA) is 152 Å². The van der Waals surface area contributed by atoms with Crippen LogP contribution in [0.4, 0.5) is 0 Å². The van der Waals surface area contributed by atoms with E-state index in [1.54, 1.807) is 12.2 Å². The van der Waals surface area contributed by atoms with Crippen LogP contribution in [-0.4, -0.2) is 96.6 Å². The van der Waals surface area contributed by atoms with Crippen LogP contribution in [0.5, 0.6) is 0 Å². The molecule has 3 fully saturated rings. The minimum atomic E-state index is -1.14. The molecule has 57 heavy (non-hydrogen) atoms. The zero-order valence-electron chi connectivity index (χ0n) is 35.3. The van der Waals surface area contributed by atoms with E-state index < -0.39 is 35.2 Å². The van der Waals surface area contributed by atoms with E-state index in [2.05, 4.69) is 43.5 Å². The molecule has 0 radical (unpaired) electrons. The quantitative estimate of drug-likeness (QED) is 0.0287. The standard InChI is InChI=1S/C46H72N2O9/c1-5-6-7-8-9-10-11-12-13-14-15-16-17-18-19-20-43(53)57-36(31-48(3)4)32-55-41(51)25-26-42(52)56-33-47-40-24-23-38-37-22-21-34-29-35(49)27-28-45(34,2)44(37)39(50)30-46(38,40)54/h9-10,12-13,27-29,36-40,44,47,50,54H,5-8,11,14-26,30-33H2,1-4H3/b10-9-,13-12-. The number of hydrogen-bond donors (Lipinski definition) is 3. The molecule has 0 aliphatic heterocycles. The van der Waals surface area contributed by atoms with Gasteiger partial charge in [-0.3, -0.25) is 24.5 Å². The number of carbonyl (C=O) groups is 4. The van der Waals surface area contributed by atoms with Crippen molar-refractivity contribution in [3.63, 3.8) is 0 Å². The highest BCUT2D eigenvalue weighted by atomic mass is 16.6. The summed E-state index contributed by atoms with van der Waals surface area (Å²) in [4.78, 5) is 51.6. The van der Waals surface area contributed by atoms with Crippen molar-refractivity contribution in [2.24, 2.45) is 23.2 Å². The van der Waals surface area contributed by atoms with Gasteiger partial charge in [-0.2, -0.15) is 0 Å². The Morgan fingerprint density at radius 1 is 0.912 bits per heavy atom. The highest BCUT2D eigenvalue weighted by Gasteiger charge is 2.63. The number of allylic oxidation sites excluding steroid dienone is 8. The number of fused-ring (bicyclic) bond motifs is 5. The van der Waals surface area contributed by atoms with Crippen molar-refractivity contribution in [3.8, 4) is 0 Å². The van der Waals surface area contributed by atoms with Gasteiger partial charge in [-0.15, -0.1) is 0 Å². The lowest BCUT2D eigenvalue weighted by molar-refractivity contribution is -0.164. The molecule has 4 aliphatic carbocycles. The van der Waals surface area contributed by atoms with Crippen LogP contribution in [0.3, 0.4) is 0 Å². The Labute approximate surface area is 341 Å². The van der Waals surface area contributed by atoms with E-state index >= 15 is 0 Å². The van der Waals surface area contributed by atoms with Crippen molar-refractivity contribution in [2.45, 2.75) is 160 Å². The van der Waals surface area contributed by atoms with Crippen LogP contribution in [-0.2, 0) is 33.4 Å². The Hall–Kier alpha value is -3.12. The van der Waals surface area contributed by atoms with Gasteiger partial charge in [0.2, 0.25) is 0 Å². The maximum absolute atomic E-state index is 12.6. The number of unbranched alkanes of at least 4 members (excludes halogenated alkanes) is 8. The summed E-state index contributed by atoms with van der Waals surface area (Å²) < 4.78 is 16.4. The third-order valence-corrected chi connectivity index (χ3v) is 12.7. The Morgan fingerprint density at radius 3 is 2.32 bits per heavy atom. The van der Waals surface area contributed by atoms with Crippen LogP contribution in [0.1, 0.15) is 136 Å². The fourth-order valence-electron chi connectivity index (χ4n) is 9.82. The monoisotopic (exact) mass is 797 g/mol. The fraction of sp³-hybridized carbons (Fsp3) is 0.739. The van der Waals surface area contributed by atoms with E-state index in [4.69, 9.17) is 14.2 Å². The van der Waals surface area contributed by atoms with Gasteiger partial charge >= 0.3 is 17.9 Å². The Kier molecular flexibility index (Phi) is 19.2. The van der Waals surface area contributed by atoms with Gasteiger partial charge in [0.05, 0.1) is 24.5 Å². The summed E-state index contributed by atoms with van der Waals surface area (Å²) in [6, 6.07) is -0.351. The molecule has 4 aliphatic rings. The number of aliphatic hydroxyl groups is 2. The van der Waals surface area contributed by atoms with E-state index in [0.717, 1.165) is 69.8 Å². The molecule has 0 amide bonds. The average molecular weight is 797 g/mol. The maximum atomic E-state index is 12.6. The molecule has 3 N–H and O–H groups in total. The highest BCUT2D eigenvalue weighted by molar-refractivity contribution is 6.01. The van der Waals surface area contributed by atoms with Crippen molar-refractivity contribution in [1.29, 1.82) is 0 Å². The smallest absolute Gasteiger partial charge is 0.307 e. The largest absolute Gasteiger partial charge is 0.462 e. The molecule has 0 saturated heterocycles. The van der Waals surface area contributed by atoms with E-state index in [9.17, 15) is 29.4 Å². The molecule has 11 nitrogen and oxygen atoms in total. The van der Waals surface area contributed by atoms with Crippen molar-refractivity contribution in [1.82, 2.24) is 10.2 Å². The van der Waals surface area contributed by atoms with Crippen LogP contribution in [0.25, 0.3) is 0 Å². The SMILES string of the molecule is CCCCC/C=C\C/C=C\CCCCCCCC(=O)OC(COC(=O)CCC(=O)OCNC1CCC2C3CCC4=CC(=O)C=CC4(C)C3C(O)CC12O)CN(C)C. The second-order valence-corrected chi connectivity index (χ2v) is 17.3. The molecular weight excluding hydrogens is 725 g/mol. The van der Waals surface area contributed by atoms with Crippen molar-refractivity contribution in [2.75, 3.05) is 34.0 Å². The van der Waals surface area contributed by atoms with Gasteiger partial charge in [0, 0.05) is 36.8 Å². The van der Waals surface area contributed by atoms with E-state index in [0.29, 0.717) is 19.4 Å². The van der Waals surface area contributed by atoms with Gasteiger partial charge < -0.3 is 29.3 Å². The molecule has 0 heterocycles. The van der Waals surface area contributed by atoms with Gasteiger partial charge in [-0.1, -0.05) is 81.9 Å². The number of nitrogens with zero attached hydrogens (tertiary/aromatic N) is 1. The summed E-state index contributed by atoms with van der Waals surface area (Å²) in [5.74, 6) is -1.45. The zero-order chi connectivity index (χ0) is 41.3. The molecule has 0 aromatic rings. The Bertz CT molecular complexity index is 1440. The van der Waals surface area contributed by atoms with Crippen molar-refractivity contribution in [3.05, 3.63) is 48.1 Å². The van der Waals surface area contributed by atoms with E-state index in [1.807, 2.05) is 25.1 Å². The number of ketones is 1. The van der Waals surface area contributed by atoms with Gasteiger partial charge in [-0.05, 0) is 102 Å². The highest BCUT2D eigenvalue weighted by Crippen LogP contribution is 2.61. The number of likely N-dealkylation sites (N-methyl/N-ethyl adjacent to an activating group) is 1. The first-order valence-electron chi connectivity index (χ1n) is 21.9. The maximum Gasteiger partial charge on any atom is 0.307 e. The molecular formula is C46H72N2O9. The van der Waals surface area contributed by atoms with Gasteiger partial charge in [0.25, 0.3) is 0 Å². The molecule has 3 saturated carbocycles. The molecule has 0 aromatic heterocycles. The summed E-state index contributed by atoms with van der Waals surface area (Å²) in [6.45, 7) is 4.51. The lowest BCUT2D eigenvalue weighted by Crippen LogP contribution is -2.62. The number of aliphatic hydroxyl groups excluding tert-OH is 1. The molecule has 8 unspecified atom stereocenters. The molecule has 4 rings (SSSR count). The first-order valence-corrected chi connectivity index (χ1v) is 21.9. The van der Waals surface area contributed by atoms with Crippen LogP contribution in [0, 0.1) is 23.2 Å². The number of rotatable bonds is 25. The summed E-state index contributed by atoms with van der Waals surface area (Å²) >= 11 is 0. The lowest BCUT2D eigenvalue weighted by Gasteiger charge is -2.58. The number of hydrogen-bond acceptors (Lipinski definition) is 11. The lowest BCUT2D eigenvalue weighted by atomic mass is 9.49. The molecule has 8 atom stereocenters. The first kappa shape index (κ1) is 46.6. The van der Waals surface area contributed by atoms with Gasteiger partial charge in [0.15, 0.2) is 5.78 Å². The third kappa shape index (κ3) is 14.0. The third-order valence-electron chi connectivity index (χ3n) is 12.7. The van der Waals surface area contributed by atoms with Crippen molar-refractivity contribution < 1.29 is 43.6 Å². The van der Waals surface area contributed by atoms with Crippen LogP contribution >= 0.6 is 0 Å². The molecule has 0 aromatic carbocycles. The fourth-order valence-corrected chi connectivity index (χ4v) is 9.82. The summed E-state index contributed by atoms with van der Waals surface area (Å²) in [5.41, 5.74) is -0.475. The van der Waals surface area contributed by atoms with E-state index in [1.165, 1.54) is 25.7 Å². The zero-order valence-corrected chi connectivity index (χ0v) is 35.3. The van der Waals surface area contributed by atoms with Crippen LogP contribution in [0.15, 0.2) is 48.1 Å². The summed E-state index contributed by atoms with van der Waals surface area (Å²) in [6.07, 6.45) is 28.4. The molecule has 0 bridgehead atoms. The average Bonchev–Trinajstić information content (AvgIpc) is 3.49.